The Morgan fingerprint density at radius 3 is 1.70 bits per heavy atom. The lowest BCUT2D eigenvalue weighted by Crippen LogP contribution is -3.00. The van der Waals surface area contributed by atoms with E-state index < -0.39 is 0 Å². The lowest BCUT2D eigenvalue weighted by Gasteiger charge is -2.41. The number of hydrogen-bond acceptors (Lipinski definition) is 0. The molecule has 1 rings (SSSR count). The number of piperidine rings is 1. The summed E-state index contributed by atoms with van der Waals surface area (Å²) in [5.41, 5.74) is 0. The third-order valence-corrected chi connectivity index (χ3v) is 6.46. The lowest BCUT2D eigenvalue weighted by atomic mass is 10.1. The van der Waals surface area contributed by atoms with Gasteiger partial charge in [-0.2, -0.15) is 0 Å². The molecule has 23 heavy (non-hydrogen) atoms. The number of likely N-dealkylation sites (tertiary alicyclic amines) is 1. The molecule has 0 bridgehead atoms. The Morgan fingerprint density at radius 1 is 0.696 bits per heavy atom. The first-order valence-corrected chi connectivity index (χ1v) is 9.86. The number of quaternary nitrogens is 2. The molecule has 1 aliphatic heterocycles. The zero-order valence-electron chi connectivity index (χ0n) is 16.3. The van der Waals surface area contributed by atoms with Gasteiger partial charge >= 0.3 is 0 Å². The summed E-state index contributed by atoms with van der Waals surface area (Å²) < 4.78 is 2.76. The van der Waals surface area contributed by atoms with E-state index in [2.05, 4.69) is 27.7 Å². The van der Waals surface area contributed by atoms with Crippen LogP contribution in [0.1, 0.15) is 72.6 Å². The van der Waals surface area contributed by atoms with Crippen molar-refractivity contribution in [2.24, 2.45) is 0 Å². The van der Waals surface area contributed by atoms with Gasteiger partial charge in [-0.15, -0.1) is 0 Å². The van der Waals surface area contributed by atoms with Crippen molar-refractivity contribution < 1.29 is 56.9 Å². The predicted octanol–water partition coefficient (Wildman–Crippen LogP) is -1.55. The normalized spacial score (nSPS) is 17.2. The van der Waals surface area contributed by atoms with Crippen molar-refractivity contribution >= 4 is 0 Å². The van der Waals surface area contributed by atoms with E-state index in [9.17, 15) is 0 Å². The Kier molecular flexibility index (Phi) is 16.8. The van der Waals surface area contributed by atoms with E-state index in [0.29, 0.717) is 0 Å². The maximum absolute atomic E-state index is 2.40. The van der Waals surface area contributed by atoms with Crippen LogP contribution < -0.4 is 48.0 Å². The van der Waals surface area contributed by atoms with E-state index in [1.807, 2.05) is 0 Å². The van der Waals surface area contributed by atoms with Crippen molar-refractivity contribution in [3.05, 3.63) is 0 Å². The molecular formula is C19H42I2N2. The van der Waals surface area contributed by atoms with Crippen molar-refractivity contribution in [2.75, 3.05) is 52.4 Å². The second kappa shape index (κ2) is 14.5. The molecule has 4 heteroatoms. The minimum atomic E-state index is 0. The van der Waals surface area contributed by atoms with Crippen LogP contribution in [0, 0.1) is 0 Å². The maximum Gasteiger partial charge on any atom is 0.0786 e. The van der Waals surface area contributed by atoms with Crippen molar-refractivity contribution in [3.8, 4) is 0 Å². The number of hydrogen-bond donors (Lipinski definition) is 0. The fraction of sp³-hybridized carbons (Fsp3) is 1.00. The van der Waals surface area contributed by atoms with Gasteiger partial charge in [-0.3, -0.25) is 0 Å². The van der Waals surface area contributed by atoms with Crippen LogP contribution in [-0.4, -0.2) is 61.3 Å². The Morgan fingerprint density at radius 2 is 1.22 bits per heavy atom. The molecule has 0 radical (unpaired) electrons. The highest BCUT2D eigenvalue weighted by Crippen LogP contribution is 2.20. The zero-order valence-corrected chi connectivity index (χ0v) is 20.6. The quantitative estimate of drug-likeness (QED) is 0.166. The minimum absolute atomic E-state index is 0. The Labute approximate surface area is 181 Å². The van der Waals surface area contributed by atoms with E-state index in [0.717, 1.165) is 0 Å². The smallest absolute Gasteiger partial charge is 0.0786 e. The fourth-order valence-corrected chi connectivity index (χ4v) is 4.27. The average molecular weight is 552 g/mol. The Bertz CT molecular complexity index is 254. The van der Waals surface area contributed by atoms with E-state index in [-0.39, 0.29) is 48.0 Å². The summed E-state index contributed by atoms with van der Waals surface area (Å²) in [6.07, 6.45) is 10.2. The van der Waals surface area contributed by atoms with Crippen LogP contribution in [-0.2, 0) is 0 Å². The van der Waals surface area contributed by atoms with Gasteiger partial charge in [0, 0.05) is 0 Å². The fourth-order valence-electron chi connectivity index (χ4n) is 4.27. The number of nitrogens with zero attached hydrogens (tertiary/aromatic N) is 2. The van der Waals surface area contributed by atoms with Gasteiger partial charge in [0.2, 0.25) is 0 Å². The molecule has 0 aliphatic carbocycles. The molecule has 0 unspecified atom stereocenters. The topological polar surface area (TPSA) is 0 Å². The molecule has 1 heterocycles. The third kappa shape index (κ3) is 9.04. The minimum Gasteiger partial charge on any atom is -1.00 e. The molecule has 1 fully saturated rings. The molecule has 0 saturated carbocycles. The molecule has 1 saturated heterocycles. The van der Waals surface area contributed by atoms with E-state index in [1.165, 1.54) is 106 Å². The molecule has 1 aliphatic rings. The lowest BCUT2D eigenvalue weighted by molar-refractivity contribution is -0.931. The standard InChI is InChI=1S/C19H42N2.2HI/c1-5-20(6-2,7-3)16-12-9-10-13-17-21(8-4)18-14-11-15-19-21;;/h5-19H2,1-4H3;2*1H/q+2;;/p-2. The zero-order chi connectivity index (χ0) is 15.6. The summed E-state index contributed by atoms with van der Waals surface area (Å²) in [4.78, 5) is 0. The van der Waals surface area contributed by atoms with E-state index >= 15 is 0 Å². The first-order valence-electron chi connectivity index (χ1n) is 9.86. The summed E-state index contributed by atoms with van der Waals surface area (Å²) in [6.45, 7) is 20.5. The van der Waals surface area contributed by atoms with Gasteiger partial charge < -0.3 is 56.9 Å². The average Bonchev–Trinajstić information content (AvgIpc) is 2.56. The van der Waals surface area contributed by atoms with Gasteiger partial charge in [0.1, 0.15) is 0 Å². The van der Waals surface area contributed by atoms with Gasteiger partial charge in [0.25, 0.3) is 0 Å². The third-order valence-electron chi connectivity index (χ3n) is 6.46. The van der Waals surface area contributed by atoms with Crippen LogP contribution in [0.2, 0.25) is 0 Å². The molecule has 0 atom stereocenters. The molecule has 0 amide bonds. The first kappa shape index (κ1) is 26.6. The Hall–Kier alpha value is 1.38. The van der Waals surface area contributed by atoms with Crippen LogP contribution in [0.3, 0.4) is 0 Å². The van der Waals surface area contributed by atoms with E-state index in [1.54, 1.807) is 0 Å². The van der Waals surface area contributed by atoms with Gasteiger partial charge in [-0.05, 0) is 72.6 Å². The van der Waals surface area contributed by atoms with Crippen LogP contribution in [0.25, 0.3) is 0 Å². The molecule has 2 nitrogen and oxygen atoms in total. The molecule has 0 N–H and O–H groups in total. The largest absolute Gasteiger partial charge is 1.00 e. The van der Waals surface area contributed by atoms with Crippen LogP contribution in [0.5, 0.6) is 0 Å². The molecule has 0 spiro atoms. The summed E-state index contributed by atoms with van der Waals surface area (Å²) >= 11 is 0. The number of unbranched alkanes of at least 4 members (excludes halogenated alkanes) is 3. The molecule has 0 aromatic heterocycles. The van der Waals surface area contributed by atoms with Crippen LogP contribution >= 0.6 is 0 Å². The number of rotatable bonds is 11. The number of halogens is 2. The van der Waals surface area contributed by atoms with Gasteiger partial charge in [0.15, 0.2) is 0 Å². The SMILES string of the molecule is CC[N+](CC)(CC)CCCCCC[N+]1(CC)CCCCC1.[I-].[I-]. The predicted molar refractivity (Wildman–Crippen MR) is 94.5 cm³/mol. The summed E-state index contributed by atoms with van der Waals surface area (Å²) in [7, 11) is 0. The van der Waals surface area contributed by atoms with E-state index in [4.69, 9.17) is 0 Å². The Balaban J connectivity index is 0. The molecule has 142 valence electrons. The van der Waals surface area contributed by atoms with Crippen molar-refractivity contribution in [3.63, 3.8) is 0 Å². The summed E-state index contributed by atoms with van der Waals surface area (Å²) in [6, 6.07) is 0. The van der Waals surface area contributed by atoms with Crippen molar-refractivity contribution in [2.45, 2.75) is 72.6 Å². The first-order chi connectivity index (χ1) is 10.2. The monoisotopic (exact) mass is 552 g/mol. The van der Waals surface area contributed by atoms with Gasteiger partial charge in [-0.25, -0.2) is 0 Å². The van der Waals surface area contributed by atoms with Gasteiger partial charge in [0.05, 0.1) is 52.4 Å². The summed E-state index contributed by atoms with van der Waals surface area (Å²) in [5, 5.41) is 0. The highest BCUT2D eigenvalue weighted by Gasteiger charge is 2.27. The highest BCUT2D eigenvalue weighted by molar-refractivity contribution is 4.54. The van der Waals surface area contributed by atoms with Crippen molar-refractivity contribution in [1.82, 2.24) is 0 Å². The van der Waals surface area contributed by atoms with Crippen LogP contribution in [0.4, 0.5) is 0 Å². The second-order valence-corrected chi connectivity index (χ2v) is 7.32. The van der Waals surface area contributed by atoms with Crippen molar-refractivity contribution in [1.29, 1.82) is 0 Å². The highest BCUT2D eigenvalue weighted by atomic mass is 127. The summed E-state index contributed by atoms with van der Waals surface area (Å²) in [5.74, 6) is 0. The molecular weight excluding hydrogens is 510 g/mol. The maximum atomic E-state index is 2.40. The second-order valence-electron chi connectivity index (χ2n) is 7.32. The van der Waals surface area contributed by atoms with Crippen LogP contribution in [0.15, 0.2) is 0 Å². The molecule has 0 aromatic rings. The molecule has 0 aromatic carbocycles. The van der Waals surface area contributed by atoms with Gasteiger partial charge in [-0.1, -0.05) is 0 Å².